The fraction of sp³-hybridized carbons (Fsp3) is 0.786. The molecule has 14 heteroatoms. The van der Waals surface area contributed by atoms with Crippen molar-refractivity contribution >= 4 is 18.1 Å². The Bertz CT molecular complexity index is 2160. The minimum absolute atomic E-state index is 0. The van der Waals surface area contributed by atoms with E-state index in [1.54, 1.807) is 11.1 Å². The van der Waals surface area contributed by atoms with Crippen molar-refractivity contribution in [2.24, 2.45) is 46.3 Å². The van der Waals surface area contributed by atoms with Crippen LogP contribution in [-0.4, -0.2) is 129 Å². The van der Waals surface area contributed by atoms with Gasteiger partial charge in [0.2, 0.25) is 11.8 Å². The summed E-state index contributed by atoms with van der Waals surface area (Å²) in [6.07, 6.45) is 37.3. The maximum atomic E-state index is 11.9. The molecule has 13 nitrogen and oxygen atoms in total. The van der Waals surface area contributed by atoms with E-state index in [1.165, 1.54) is 99.3 Å². The van der Waals surface area contributed by atoms with Gasteiger partial charge in [-0.25, -0.2) is 0 Å². The molecular weight excluding hydrogens is 1100 g/mol. The average Bonchev–Trinajstić information content (AvgIpc) is 3.70. The first-order valence-electron chi connectivity index (χ1n) is 32.7. The number of aldehydes is 1. The van der Waals surface area contributed by atoms with Crippen LogP contribution in [0.25, 0.3) is 0 Å². The molecule has 0 heterocycles. The van der Waals surface area contributed by atoms with Crippen LogP contribution < -0.4 is 10.6 Å². The summed E-state index contributed by atoms with van der Waals surface area (Å²) in [5, 5.41) is 34.7. The summed E-state index contributed by atoms with van der Waals surface area (Å²) < 4.78 is 27.6. The molecule has 0 aromatic rings. The topological polar surface area (TPSA) is 182 Å². The van der Waals surface area contributed by atoms with Crippen molar-refractivity contribution in [3.63, 3.8) is 0 Å². The number of carbonyl (C=O) groups is 3. The maximum absolute atomic E-state index is 11.9. The molecule has 0 aliphatic heterocycles. The third-order valence-corrected chi connectivity index (χ3v) is 19.9. The van der Waals surface area contributed by atoms with Gasteiger partial charge in [-0.1, -0.05) is 113 Å². The molecular formula is C70H116N2O11V. The molecule has 0 bridgehead atoms. The minimum atomic E-state index is -0.562. The number of hydrogen-bond acceptors (Lipinski definition) is 11. The summed E-state index contributed by atoms with van der Waals surface area (Å²) >= 11 is 0. The number of nitrogens with one attached hydrogen (secondary N) is 2. The van der Waals surface area contributed by atoms with Crippen molar-refractivity contribution < 1.29 is 71.9 Å². The van der Waals surface area contributed by atoms with Crippen molar-refractivity contribution in [2.75, 3.05) is 72.6 Å². The average molecular weight is 1210 g/mol. The molecule has 6 rings (SSSR count). The number of hydrogen-bond donors (Lipinski definition) is 5. The molecule has 0 aromatic heterocycles. The number of fused-ring (bicyclic) bond motifs is 2. The van der Waals surface area contributed by atoms with Crippen molar-refractivity contribution in [2.45, 2.75) is 233 Å². The van der Waals surface area contributed by atoms with Crippen LogP contribution in [0.5, 0.6) is 0 Å². The Balaban J connectivity index is 0.000000357. The van der Waals surface area contributed by atoms with Gasteiger partial charge in [0.1, 0.15) is 26.1 Å². The van der Waals surface area contributed by atoms with Gasteiger partial charge in [-0.3, -0.25) is 9.59 Å². The normalized spacial score (nSPS) is 29.0. The van der Waals surface area contributed by atoms with Gasteiger partial charge in [-0.2, -0.15) is 0 Å². The molecule has 6 aliphatic rings. The first kappa shape index (κ1) is 73.8. The van der Waals surface area contributed by atoms with Crippen molar-refractivity contribution in [1.29, 1.82) is 0 Å². The van der Waals surface area contributed by atoms with Gasteiger partial charge in [-0.05, 0) is 214 Å². The molecule has 6 saturated carbocycles. The van der Waals surface area contributed by atoms with Gasteiger partial charge in [0, 0.05) is 44.9 Å². The SMILES string of the molecule is C=C1CC[C@H](OCCCNC(=O)COCCO)C/C1=C/C=C1\CCC[C@]2(C)[C@@H]([C@H](C)CCCC(C)(C)O)CC[C@@H]12.C=C1CC[C@H](OCCCNC(=O)COCCOCC=O)C/C1=C/C=C1\CCC[C@]2(C)[C@@H]([C@H](C)CCCC(C)(C)O)CC[C@@H]12.[V]. The van der Waals surface area contributed by atoms with Crippen LogP contribution in [0.15, 0.2) is 70.9 Å². The summed E-state index contributed by atoms with van der Waals surface area (Å²) in [5.41, 5.74) is 8.08. The van der Waals surface area contributed by atoms with E-state index in [2.05, 4.69) is 75.8 Å². The molecule has 5 N–H and O–H groups in total. The Hall–Kier alpha value is -2.69. The second-order valence-corrected chi connectivity index (χ2v) is 27.6. The number of carbonyl (C=O) groups excluding carboxylic acids is 3. The monoisotopic (exact) mass is 1210 g/mol. The third kappa shape index (κ3) is 24.7. The zero-order valence-corrected chi connectivity index (χ0v) is 55.1. The largest absolute Gasteiger partial charge is 0.394 e. The minimum Gasteiger partial charge on any atom is -0.394 e. The first-order valence-corrected chi connectivity index (χ1v) is 32.7. The molecule has 477 valence electrons. The Labute approximate surface area is 520 Å². The standard InChI is InChI=1S/C36H59NO6.C34H57NO5.V/c1-27-11-14-31(43-21-8-19-37-34(39)26-42-24-23-41-22-20-38)25-30(27)13-12-29-10-7-18-36(5)32(15-16-33(29)36)28(2)9-6-17-35(3,4)40;1-25-11-14-29(40-21-8-19-35-32(37)24-39-22-20-36)23-28(25)13-12-27-10-7-18-34(5)30(15-16-31(27)34)26(2)9-6-17-33(3,4)38;/h12-13,20,28,31-33,40H,1,6-11,14-19,21-26H2,2-5H3,(H,37,39);12-13,26,29-31,36,38H,1,6-11,14-24H2,2-5H3,(H,35,37);/b29-12+,30-13-;27-12+,28-13-;/t28-,31+,32-,33+,36-;26-,29+,30-,31+,34-;/m11./s1. The number of allylic oxidation sites excluding steroid dienone is 8. The van der Waals surface area contributed by atoms with Gasteiger partial charge in [0.25, 0.3) is 0 Å². The van der Waals surface area contributed by atoms with Gasteiger partial charge >= 0.3 is 0 Å². The van der Waals surface area contributed by atoms with E-state index in [0.29, 0.717) is 73.7 Å². The molecule has 6 aliphatic carbocycles. The predicted octanol–water partition coefficient (Wildman–Crippen LogP) is 12.8. The van der Waals surface area contributed by atoms with Crippen LogP contribution in [-0.2, 0) is 56.6 Å². The van der Waals surface area contributed by atoms with Gasteiger partial charge in [0.05, 0.1) is 49.8 Å². The molecule has 84 heavy (non-hydrogen) atoms. The zero-order chi connectivity index (χ0) is 60.5. The van der Waals surface area contributed by atoms with Crippen LogP contribution >= 0.6 is 0 Å². The summed E-state index contributed by atoms with van der Waals surface area (Å²) in [6, 6.07) is 0. The predicted molar refractivity (Wildman–Crippen MR) is 334 cm³/mol. The molecule has 0 spiro atoms. The maximum Gasteiger partial charge on any atom is 0.246 e. The van der Waals surface area contributed by atoms with Gasteiger partial charge in [-0.15, -0.1) is 0 Å². The van der Waals surface area contributed by atoms with E-state index in [0.717, 1.165) is 88.9 Å². The molecule has 0 aromatic carbocycles. The second kappa shape index (κ2) is 37.3. The first-order chi connectivity index (χ1) is 39.6. The van der Waals surface area contributed by atoms with E-state index in [-0.39, 0.29) is 82.2 Å². The van der Waals surface area contributed by atoms with Crippen LogP contribution in [0.3, 0.4) is 0 Å². The molecule has 10 atom stereocenters. The Morgan fingerprint density at radius 3 is 1.46 bits per heavy atom. The molecule has 0 unspecified atom stereocenters. The fourth-order valence-electron chi connectivity index (χ4n) is 15.4. The van der Waals surface area contributed by atoms with E-state index < -0.39 is 11.2 Å². The quantitative estimate of drug-likeness (QED) is 0.0311. The van der Waals surface area contributed by atoms with Crippen LogP contribution in [0.1, 0.15) is 209 Å². The van der Waals surface area contributed by atoms with Gasteiger partial charge in [0.15, 0.2) is 0 Å². The van der Waals surface area contributed by atoms with E-state index in [4.69, 9.17) is 28.8 Å². The summed E-state index contributed by atoms with van der Waals surface area (Å²) in [4.78, 5) is 33.8. The Morgan fingerprint density at radius 1 is 0.619 bits per heavy atom. The molecule has 6 fully saturated rings. The number of amides is 2. The van der Waals surface area contributed by atoms with Crippen LogP contribution in [0, 0.1) is 46.3 Å². The van der Waals surface area contributed by atoms with E-state index in [1.807, 2.05) is 27.7 Å². The molecule has 0 saturated heterocycles. The fourth-order valence-corrected chi connectivity index (χ4v) is 15.4. The van der Waals surface area contributed by atoms with E-state index >= 15 is 0 Å². The zero-order valence-electron chi connectivity index (χ0n) is 53.7. The number of aliphatic hydroxyl groups excluding tert-OH is 1. The number of aliphatic hydroxyl groups is 3. The Morgan fingerprint density at radius 2 is 1.05 bits per heavy atom. The van der Waals surface area contributed by atoms with Crippen LogP contribution in [0.2, 0.25) is 0 Å². The Kier molecular flexibility index (Phi) is 32.8. The number of rotatable bonds is 33. The van der Waals surface area contributed by atoms with Crippen molar-refractivity contribution in [3.8, 4) is 0 Å². The van der Waals surface area contributed by atoms with E-state index in [9.17, 15) is 24.6 Å². The molecule has 1 radical (unpaired) electrons. The smallest absolute Gasteiger partial charge is 0.246 e. The van der Waals surface area contributed by atoms with Crippen molar-refractivity contribution in [3.05, 3.63) is 70.9 Å². The summed E-state index contributed by atoms with van der Waals surface area (Å²) in [7, 11) is 0. The third-order valence-electron chi connectivity index (χ3n) is 19.9. The van der Waals surface area contributed by atoms with Crippen LogP contribution in [0.4, 0.5) is 0 Å². The summed E-state index contributed by atoms with van der Waals surface area (Å²) in [5.74, 6) is 4.00. The van der Waals surface area contributed by atoms with Gasteiger partial charge < -0.3 is 54.4 Å². The second-order valence-electron chi connectivity index (χ2n) is 27.6. The summed E-state index contributed by atoms with van der Waals surface area (Å²) in [6.45, 7) is 29.5. The van der Waals surface area contributed by atoms with Crippen molar-refractivity contribution in [1.82, 2.24) is 10.6 Å². The number of ether oxygens (including phenoxy) is 5. The molecule has 2 amide bonds.